The Morgan fingerprint density at radius 2 is 1.85 bits per heavy atom. The topological polar surface area (TPSA) is 63.7 Å². The number of pyridine rings is 1. The second-order valence-corrected chi connectivity index (χ2v) is 7.27. The van der Waals surface area contributed by atoms with Crippen LogP contribution in [0.3, 0.4) is 0 Å². The van der Waals surface area contributed by atoms with Crippen LogP contribution in [0.25, 0.3) is 0 Å². The lowest BCUT2D eigenvalue weighted by Crippen LogP contribution is -2.45. The van der Waals surface area contributed by atoms with Gasteiger partial charge in [-0.25, -0.2) is 4.98 Å². The molecule has 4 rings (SSSR count). The number of nitrogens with zero attached hydrogens (tertiary/aromatic N) is 2. The van der Waals surface area contributed by atoms with Crippen LogP contribution in [0.15, 0.2) is 36.5 Å². The fourth-order valence-electron chi connectivity index (χ4n) is 3.66. The highest BCUT2D eigenvalue weighted by Crippen LogP contribution is 2.32. The van der Waals surface area contributed by atoms with E-state index in [9.17, 15) is 4.79 Å². The van der Waals surface area contributed by atoms with Crippen LogP contribution in [0.1, 0.15) is 34.3 Å². The number of piperidine rings is 1. The zero-order chi connectivity index (χ0) is 18.9. The molecular weight excluding hydrogens is 342 g/mol. The molecule has 2 aliphatic heterocycles. The number of aromatic nitrogens is 1. The monoisotopic (exact) mass is 367 g/mol. The second-order valence-electron chi connectivity index (χ2n) is 7.27. The molecule has 142 valence electrons. The van der Waals surface area contributed by atoms with E-state index in [1.54, 1.807) is 12.3 Å². The van der Waals surface area contributed by atoms with Gasteiger partial charge in [-0.1, -0.05) is 12.1 Å². The lowest BCUT2D eigenvalue weighted by atomic mass is 10.0. The fourth-order valence-corrected chi connectivity index (χ4v) is 3.66. The fraction of sp³-hybridized carbons (Fsp3) is 0.429. The lowest BCUT2D eigenvalue weighted by Gasteiger charge is -2.38. The zero-order valence-electron chi connectivity index (χ0n) is 15.8. The van der Waals surface area contributed by atoms with Crippen molar-refractivity contribution in [2.75, 3.05) is 36.5 Å². The number of carbonyl (C=O) groups is 1. The number of rotatable bonds is 3. The number of anilines is 2. The van der Waals surface area contributed by atoms with E-state index in [-0.39, 0.29) is 5.91 Å². The largest absolute Gasteiger partial charge is 0.356 e. The summed E-state index contributed by atoms with van der Waals surface area (Å²) in [4.78, 5) is 19.4. The predicted octanol–water partition coefficient (Wildman–Crippen LogP) is 3.29. The van der Waals surface area contributed by atoms with E-state index in [0.717, 1.165) is 48.6 Å². The van der Waals surface area contributed by atoms with Gasteiger partial charge in [0, 0.05) is 43.4 Å². The van der Waals surface area contributed by atoms with Gasteiger partial charge in [0.2, 0.25) is 0 Å². The second kappa shape index (κ2) is 7.29. The SMILES string of the molecule is Cc1ccc(C)c(NC(=O)c2ccnc(N3CCC4(CC3)OCCO4)c2)c1. The number of amides is 1. The molecule has 0 atom stereocenters. The Bertz CT molecular complexity index is 836. The molecule has 1 aromatic heterocycles. The Labute approximate surface area is 159 Å². The van der Waals surface area contributed by atoms with Crippen LogP contribution in [0.4, 0.5) is 11.5 Å². The van der Waals surface area contributed by atoms with Gasteiger partial charge in [-0.15, -0.1) is 0 Å². The molecule has 0 aliphatic carbocycles. The van der Waals surface area contributed by atoms with Crippen molar-refractivity contribution in [3.8, 4) is 0 Å². The lowest BCUT2D eigenvalue weighted by molar-refractivity contribution is -0.169. The average Bonchev–Trinajstić information content (AvgIpc) is 3.13. The summed E-state index contributed by atoms with van der Waals surface area (Å²) in [5.41, 5.74) is 3.61. The minimum Gasteiger partial charge on any atom is -0.356 e. The Kier molecular flexibility index (Phi) is 4.85. The van der Waals surface area contributed by atoms with Crippen molar-refractivity contribution >= 4 is 17.4 Å². The number of carbonyl (C=O) groups excluding carboxylic acids is 1. The Balaban J connectivity index is 1.46. The summed E-state index contributed by atoms with van der Waals surface area (Å²) in [6, 6.07) is 9.64. The van der Waals surface area contributed by atoms with Crippen molar-refractivity contribution in [2.45, 2.75) is 32.5 Å². The van der Waals surface area contributed by atoms with Crippen molar-refractivity contribution in [3.05, 3.63) is 53.2 Å². The van der Waals surface area contributed by atoms with Crippen molar-refractivity contribution in [1.82, 2.24) is 4.98 Å². The zero-order valence-corrected chi connectivity index (χ0v) is 15.8. The van der Waals surface area contributed by atoms with Gasteiger partial charge in [-0.05, 0) is 43.2 Å². The van der Waals surface area contributed by atoms with Gasteiger partial charge in [0.15, 0.2) is 5.79 Å². The van der Waals surface area contributed by atoms with Crippen LogP contribution >= 0.6 is 0 Å². The van der Waals surface area contributed by atoms with Gasteiger partial charge in [0.1, 0.15) is 5.82 Å². The van der Waals surface area contributed by atoms with Crippen LogP contribution in [0.2, 0.25) is 0 Å². The van der Waals surface area contributed by atoms with Crippen LogP contribution in [-0.2, 0) is 9.47 Å². The standard InChI is InChI=1S/C21H25N3O3/c1-15-3-4-16(2)18(13-15)23-20(25)17-5-8-22-19(14-17)24-9-6-21(7-10-24)26-11-12-27-21/h3-5,8,13-14H,6-7,9-12H2,1-2H3,(H,23,25). The number of nitrogens with one attached hydrogen (secondary N) is 1. The van der Waals surface area contributed by atoms with E-state index in [4.69, 9.17) is 9.47 Å². The molecule has 0 saturated carbocycles. The first-order valence-corrected chi connectivity index (χ1v) is 9.42. The highest BCUT2D eigenvalue weighted by Gasteiger charge is 2.40. The smallest absolute Gasteiger partial charge is 0.255 e. The maximum Gasteiger partial charge on any atom is 0.255 e. The molecule has 2 fully saturated rings. The summed E-state index contributed by atoms with van der Waals surface area (Å²) in [7, 11) is 0. The molecule has 2 aliphatic rings. The van der Waals surface area contributed by atoms with Crippen LogP contribution in [0.5, 0.6) is 0 Å². The Morgan fingerprint density at radius 1 is 1.11 bits per heavy atom. The number of hydrogen-bond donors (Lipinski definition) is 1. The molecule has 0 bridgehead atoms. The van der Waals surface area contributed by atoms with Gasteiger partial charge < -0.3 is 19.7 Å². The summed E-state index contributed by atoms with van der Waals surface area (Å²) >= 11 is 0. The van der Waals surface area contributed by atoms with E-state index < -0.39 is 5.79 Å². The molecule has 2 aromatic rings. The third-order valence-electron chi connectivity index (χ3n) is 5.31. The summed E-state index contributed by atoms with van der Waals surface area (Å²) < 4.78 is 11.6. The summed E-state index contributed by atoms with van der Waals surface area (Å²) in [6.07, 6.45) is 3.32. The third kappa shape index (κ3) is 3.82. The van der Waals surface area contributed by atoms with Crippen molar-refractivity contribution in [3.63, 3.8) is 0 Å². The van der Waals surface area contributed by atoms with Crippen LogP contribution in [0, 0.1) is 13.8 Å². The predicted molar refractivity (Wildman–Crippen MR) is 104 cm³/mol. The third-order valence-corrected chi connectivity index (χ3v) is 5.31. The highest BCUT2D eigenvalue weighted by atomic mass is 16.7. The molecule has 0 unspecified atom stereocenters. The molecule has 6 heteroatoms. The molecular formula is C21H25N3O3. The molecule has 1 spiro atoms. The van der Waals surface area contributed by atoms with Gasteiger partial charge >= 0.3 is 0 Å². The number of ether oxygens (including phenoxy) is 2. The first-order valence-electron chi connectivity index (χ1n) is 9.42. The van der Waals surface area contributed by atoms with Gasteiger partial charge in [-0.3, -0.25) is 4.79 Å². The quantitative estimate of drug-likeness (QED) is 0.902. The van der Waals surface area contributed by atoms with E-state index in [1.165, 1.54) is 0 Å². The van der Waals surface area contributed by atoms with E-state index >= 15 is 0 Å². The van der Waals surface area contributed by atoms with E-state index in [2.05, 4.69) is 15.2 Å². The first-order chi connectivity index (χ1) is 13.0. The highest BCUT2D eigenvalue weighted by molar-refractivity contribution is 6.05. The minimum atomic E-state index is -0.409. The number of benzene rings is 1. The Hall–Kier alpha value is -2.44. The average molecular weight is 367 g/mol. The molecule has 6 nitrogen and oxygen atoms in total. The van der Waals surface area contributed by atoms with Crippen LogP contribution in [-0.4, -0.2) is 43.0 Å². The Morgan fingerprint density at radius 3 is 2.59 bits per heavy atom. The first kappa shape index (κ1) is 17.9. The summed E-state index contributed by atoms with van der Waals surface area (Å²) in [5.74, 6) is 0.286. The van der Waals surface area contributed by atoms with Crippen molar-refractivity contribution < 1.29 is 14.3 Å². The number of aryl methyl sites for hydroxylation is 2. The summed E-state index contributed by atoms with van der Waals surface area (Å²) in [5, 5.41) is 3.01. The van der Waals surface area contributed by atoms with Crippen molar-refractivity contribution in [2.24, 2.45) is 0 Å². The molecule has 0 radical (unpaired) electrons. The normalized spacial score (nSPS) is 18.7. The molecule has 3 heterocycles. The molecule has 27 heavy (non-hydrogen) atoms. The molecule has 1 amide bonds. The van der Waals surface area contributed by atoms with E-state index in [0.29, 0.717) is 18.8 Å². The maximum absolute atomic E-state index is 12.7. The minimum absolute atomic E-state index is 0.122. The number of hydrogen-bond acceptors (Lipinski definition) is 5. The van der Waals surface area contributed by atoms with Crippen molar-refractivity contribution in [1.29, 1.82) is 0 Å². The molecule has 2 saturated heterocycles. The molecule has 1 aromatic carbocycles. The van der Waals surface area contributed by atoms with E-state index in [1.807, 2.05) is 38.1 Å². The van der Waals surface area contributed by atoms with Gasteiger partial charge in [0.25, 0.3) is 5.91 Å². The van der Waals surface area contributed by atoms with Crippen LogP contribution < -0.4 is 10.2 Å². The summed E-state index contributed by atoms with van der Waals surface area (Å²) in [6.45, 7) is 6.95. The molecule has 1 N–H and O–H groups in total. The van der Waals surface area contributed by atoms with Gasteiger partial charge in [-0.2, -0.15) is 0 Å². The van der Waals surface area contributed by atoms with Gasteiger partial charge in [0.05, 0.1) is 13.2 Å². The maximum atomic E-state index is 12.7.